The third-order valence-electron chi connectivity index (χ3n) is 16.2. The van der Waals surface area contributed by atoms with Crippen LogP contribution in [0, 0.1) is 50.7 Å². The molecule has 0 amide bonds. The summed E-state index contributed by atoms with van der Waals surface area (Å²) >= 11 is 0. The van der Waals surface area contributed by atoms with Crippen LogP contribution in [0.5, 0.6) is 0 Å². The summed E-state index contributed by atoms with van der Waals surface area (Å²) in [6, 6.07) is 0. The van der Waals surface area contributed by atoms with Crippen molar-refractivity contribution in [3.63, 3.8) is 0 Å². The van der Waals surface area contributed by atoms with E-state index in [1.54, 1.807) is 0 Å². The zero-order valence-electron chi connectivity index (χ0n) is 32.7. The number of fused-ring (bicyclic) bond motifs is 3. The van der Waals surface area contributed by atoms with Crippen LogP contribution in [0.1, 0.15) is 120 Å². The van der Waals surface area contributed by atoms with Gasteiger partial charge in [-0.15, -0.1) is 0 Å². The number of hydrogen-bond donors (Lipinski definition) is 6. The summed E-state index contributed by atoms with van der Waals surface area (Å²) in [5.74, 6) is -0.250. The van der Waals surface area contributed by atoms with Crippen molar-refractivity contribution in [2.75, 3.05) is 6.61 Å². The normalized spacial score (nSPS) is 48.2. The van der Waals surface area contributed by atoms with Gasteiger partial charge in [0.25, 0.3) is 0 Å². The molecule has 0 bridgehead atoms. The number of esters is 2. The predicted octanol–water partition coefficient (Wildman–Crippen LogP) is 3.24. The smallest absolute Gasteiger partial charge is 0.303 e. The minimum Gasteiger partial charge on any atom is -0.462 e. The number of carbonyl (C=O) groups excluding carboxylic acids is 2. The van der Waals surface area contributed by atoms with Gasteiger partial charge in [0.05, 0.1) is 24.4 Å². The summed E-state index contributed by atoms with van der Waals surface area (Å²) in [6.07, 6.45) is -2.13. The van der Waals surface area contributed by atoms with Crippen molar-refractivity contribution in [1.82, 2.24) is 0 Å². The minimum atomic E-state index is -1.54. The van der Waals surface area contributed by atoms with E-state index in [1.807, 2.05) is 0 Å². The van der Waals surface area contributed by atoms with Gasteiger partial charge in [-0.1, -0.05) is 34.6 Å². The SMILES string of the molecule is CC(=O)O[C@H]1[C@H](O)[C@@H](O)[C@H](O[C@@H]2C[C@H]3C(C)(C)[C@H](OC(C)=O)CC[C@]3(C)[C@H]3CC[C@]45C[C@]4(CC[C@H]5[C@@H](C)C[C@@H](O)[C@H](O)C(C)(C)O)[C@@]32C)O[C@@H]1CO. The predicted molar refractivity (Wildman–Crippen MR) is 188 cm³/mol. The fourth-order valence-corrected chi connectivity index (χ4v) is 13.8. The Bertz CT molecular complexity index is 1360. The number of rotatable bonds is 10. The lowest BCUT2D eigenvalue weighted by atomic mass is 9.37. The van der Waals surface area contributed by atoms with Crippen LogP contribution < -0.4 is 0 Å². The molecule has 5 aliphatic carbocycles. The van der Waals surface area contributed by atoms with Gasteiger partial charge in [-0.3, -0.25) is 9.59 Å². The molecular weight excluding hydrogens is 672 g/mol. The Morgan fingerprint density at radius 1 is 0.904 bits per heavy atom. The molecular formula is C40H66O12. The number of carbonyl (C=O) groups is 2. The van der Waals surface area contributed by atoms with Crippen LogP contribution in [0.3, 0.4) is 0 Å². The Labute approximate surface area is 308 Å². The van der Waals surface area contributed by atoms with Gasteiger partial charge in [-0.25, -0.2) is 0 Å². The number of aliphatic hydroxyl groups excluding tert-OH is 5. The molecule has 17 atom stereocenters. The molecule has 0 radical (unpaired) electrons. The van der Waals surface area contributed by atoms with Gasteiger partial charge < -0.3 is 49.6 Å². The van der Waals surface area contributed by atoms with E-state index in [0.29, 0.717) is 18.8 Å². The largest absolute Gasteiger partial charge is 0.462 e. The highest BCUT2D eigenvalue weighted by Gasteiger charge is 2.85. The highest BCUT2D eigenvalue weighted by Crippen LogP contribution is 2.91. The van der Waals surface area contributed by atoms with Crippen molar-refractivity contribution in [3.8, 4) is 0 Å². The van der Waals surface area contributed by atoms with Crippen LogP contribution in [0.25, 0.3) is 0 Å². The van der Waals surface area contributed by atoms with Gasteiger partial charge in [-0.05, 0) is 112 Å². The van der Waals surface area contributed by atoms with Gasteiger partial charge in [-0.2, -0.15) is 0 Å². The Morgan fingerprint density at radius 2 is 1.56 bits per heavy atom. The van der Waals surface area contributed by atoms with Gasteiger partial charge in [0.2, 0.25) is 0 Å². The summed E-state index contributed by atoms with van der Waals surface area (Å²) < 4.78 is 24.4. The molecule has 0 aromatic rings. The van der Waals surface area contributed by atoms with Gasteiger partial charge in [0.1, 0.15) is 30.5 Å². The fourth-order valence-electron chi connectivity index (χ4n) is 13.8. The van der Waals surface area contributed by atoms with E-state index < -0.39 is 67.2 Å². The molecule has 6 rings (SSSR count). The van der Waals surface area contributed by atoms with E-state index in [0.717, 1.165) is 44.9 Å². The average molecular weight is 739 g/mol. The minimum absolute atomic E-state index is 0.00590. The lowest BCUT2D eigenvalue weighted by molar-refractivity contribution is -0.344. The first-order chi connectivity index (χ1) is 24.0. The molecule has 0 aromatic carbocycles. The third-order valence-corrected chi connectivity index (χ3v) is 16.2. The molecule has 0 aromatic heterocycles. The first-order valence-corrected chi connectivity index (χ1v) is 19.7. The summed E-state index contributed by atoms with van der Waals surface area (Å²) in [5.41, 5.74) is -2.38. The molecule has 5 saturated carbocycles. The fraction of sp³-hybridized carbons (Fsp3) is 0.950. The van der Waals surface area contributed by atoms with Crippen LogP contribution in [0.15, 0.2) is 0 Å². The molecule has 52 heavy (non-hydrogen) atoms. The van der Waals surface area contributed by atoms with E-state index in [4.69, 9.17) is 18.9 Å². The van der Waals surface area contributed by atoms with Crippen LogP contribution in [0.2, 0.25) is 0 Å². The van der Waals surface area contributed by atoms with Crippen molar-refractivity contribution in [2.45, 2.75) is 181 Å². The lowest BCUT2D eigenvalue weighted by Gasteiger charge is -2.69. The zero-order valence-corrected chi connectivity index (χ0v) is 32.7. The van der Waals surface area contributed by atoms with E-state index in [1.165, 1.54) is 27.7 Å². The molecule has 0 unspecified atom stereocenters. The Hall–Kier alpha value is -1.38. The van der Waals surface area contributed by atoms with Crippen LogP contribution in [-0.2, 0) is 28.5 Å². The van der Waals surface area contributed by atoms with E-state index >= 15 is 0 Å². The highest BCUT2D eigenvalue weighted by atomic mass is 16.7. The van der Waals surface area contributed by atoms with E-state index in [-0.39, 0.29) is 56.9 Å². The molecule has 1 heterocycles. The van der Waals surface area contributed by atoms with Gasteiger partial charge >= 0.3 is 11.9 Å². The maximum Gasteiger partial charge on any atom is 0.303 e. The van der Waals surface area contributed by atoms with Crippen molar-refractivity contribution in [1.29, 1.82) is 0 Å². The molecule has 6 fully saturated rings. The van der Waals surface area contributed by atoms with Crippen LogP contribution in [0.4, 0.5) is 0 Å². The molecule has 12 nitrogen and oxygen atoms in total. The van der Waals surface area contributed by atoms with Crippen molar-refractivity contribution >= 4 is 11.9 Å². The quantitative estimate of drug-likeness (QED) is 0.142. The van der Waals surface area contributed by atoms with Crippen molar-refractivity contribution in [2.24, 2.45) is 50.7 Å². The summed E-state index contributed by atoms with van der Waals surface area (Å²) in [7, 11) is 0. The monoisotopic (exact) mass is 738 g/mol. The Morgan fingerprint density at radius 3 is 2.15 bits per heavy atom. The van der Waals surface area contributed by atoms with Crippen molar-refractivity contribution < 1.29 is 59.2 Å². The summed E-state index contributed by atoms with van der Waals surface area (Å²) in [4.78, 5) is 24.1. The molecule has 6 N–H and O–H groups in total. The molecule has 1 saturated heterocycles. The second-order valence-electron chi connectivity index (χ2n) is 19.5. The first-order valence-electron chi connectivity index (χ1n) is 19.7. The second kappa shape index (κ2) is 13.4. The standard InChI is InChI=1S/C40H66O12/c1-20(16-24(44)33(47)36(6,7)48)23-10-15-40-19-39(23,40)14-11-26-37(8)13-12-28(49-21(2)42)35(4,5)27(37)17-29(38(26,40)9)52-34-31(46)30(45)32(50-22(3)43)25(18-41)51-34/h20,23-34,41,44-48H,10-19H2,1-9H3/t20-,23-,24+,25+,26+,27-,28+,29+,30+,31+,32+,33-,34-,37+,38-,39+,40+/m0/s1. The summed E-state index contributed by atoms with van der Waals surface area (Å²) in [5, 5.41) is 65.0. The Kier molecular flexibility index (Phi) is 10.4. The second-order valence-corrected chi connectivity index (χ2v) is 19.5. The maximum atomic E-state index is 12.3. The topological polar surface area (TPSA) is 192 Å². The van der Waals surface area contributed by atoms with E-state index in [9.17, 15) is 40.2 Å². The van der Waals surface area contributed by atoms with Crippen molar-refractivity contribution in [3.05, 3.63) is 0 Å². The molecule has 1 aliphatic heterocycles. The average Bonchev–Trinajstić information content (AvgIpc) is 3.61. The number of hydrogen-bond acceptors (Lipinski definition) is 12. The molecule has 0 spiro atoms. The highest BCUT2D eigenvalue weighted by molar-refractivity contribution is 5.66. The molecule has 298 valence electrons. The first kappa shape index (κ1) is 40.3. The molecule has 12 heteroatoms. The summed E-state index contributed by atoms with van der Waals surface area (Å²) in [6.45, 7) is 16.4. The Balaban J connectivity index is 1.36. The number of aliphatic hydroxyl groups is 6. The lowest BCUT2D eigenvalue weighted by Crippen LogP contribution is -2.68. The zero-order chi connectivity index (χ0) is 38.6. The van der Waals surface area contributed by atoms with Crippen LogP contribution in [-0.4, -0.2) is 110 Å². The van der Waals surface area contributed by atoms with E-state index in [2.05, 4.69) is 34.6 Å². The van der Waals surface area contributed by atoms with Gasteiger partial charge in [0.15, 0.2) is 12.4 Å². The van der Waals surface area contributed by atoms with Gasteiger partial charge in [0, 0.05) is 24.7 Å². The number of ether oxygens (including phenoxy) is 4. The third kappa shape index (κ3) is 5.91. The van der Waals surface area contributed by atoms with Crippen LogP contribution >= 0.6 is 0 Å². The maximum absolute atomic E-state index is 12.3. The molecule has 6 aliphatic rings.